The maximum Gasteiger partial charge on any atom is 0.277 e. The van der Waals surface area contributed by atoms with E-state index in [0.717, 1.165) is 6.42 Å². The highest BCUT2D eigenvalue weighted by Gasteiger charge is 2.32. The van der Waals surface area contributed by atoms with Gasteiger partial charge < -0.3 is 9.32 Å². The Morgan fingerprint density at radius 3 is 2.62 bits per heavy atom. The molecule has 2 atom stereocenters. The molecule has 1 aliphatic rings. The highest BCUT2D eigenvalue weighted by atomic mass is 32.2. The molecule has 1 aromatic heterocycles. The third-order valence-corrected chi connectivity index (χ3v) is 6.74. The maximum absolute atomic E-state index is 12.2. The second-order valence-corrected chi connectivity index (χ2v) is 9.30. The summed E-state index contributed by atoms with van der Waals surface area (Å²) < 4.78 is 28.7. The summed E-state index contributed by atoms with van der Waals surface area (Å²) in [6.07, 6.45) is 1.35. The molecule has 24 heavy (non-hydrogen) atoms. The fraction of sp³-hybridized carbons (Fsp3) is 0.786. The van der Waals surface area contributed by atoms with Crippen LogP contribution in [0.25, 0.3) is 0 Å². The van der Waals surface area contributed by atoms with Crippen LogP contribution in [-0.4, -0.2) is 78.8 Å². The van der Waals surface area contributed by atoms with Crippen LogP contribution < -0.4 is 0 Å². The minimum absolute atomic E-state index is 0.0472. The van der Waals surface area contributed by atoms with Gasteiger partial charge in [0.15, 0.2) is 9.84 Å². The molecule has 0 spiro atoms. The summed E-state index contributed by atoms with van der Waals surface area (Å²) in [5, 5.41) is 8.37. The van der Waals surface area contributed by atoms with Gasteiger partial charge >= 0.3 is 0 Å². The van der Waals surface area contributed by atoms with E-state index in [9.17, 15) is 13.2 Å². The van der Waals surface area contributed by atoms with E-state index in [1.165, 1.54) is 16.7 Å². The van der Waals surface area contributed by atoms with E-state index >= 15 is 0 Å². The first kappa shape index (κ1) is 19.2. The topological polar surface area (TPSA) is 96.6 Å². The smallest absolute Gasteiger partial charge is 0.277 e. The lowest BCUT2D eigenvalue weighted by atomic mass is 10.2. The Labute approximate surface area is 146 Å². The zero-order valence-corrected chi connectivity index (χ0v) is 16.1. The van der Waals surface area contributed by atoms with Gasteiger partial charge in [-0.05, 0) is 26.9 Å². The Bertz CT molecular complexity index is 674. The summed E-state index contributed by atoms with van der Waals surface area (Å²) in [6.45, 7) is 2.04. The summed E-state index contributed by atoms with van der Waals surface area (Å²) in [7, 11) is 2.53. The summed E-state index contributed by atoms with van der Waals surface area (Å²) in [5.74, 6) is 0.742. The van der Waals surface area contributed by atoms with Crippen molar-refractivity contribution < 1.29 is 17.6 Å². The molecule has 0 aliphatic carbocycles. The molecule has 0 saturated carbocycles. The lowest BCUT2D eigenvalue weighted by Crippen LogP contribution is -2.38. The van der Waals surface area contributed by atoms with E-state index in [4.69, 9.17) is 4.42 Å². The second kappa shape index (κ2) is 7.83. The van der Waals surface area contributed by atoms with Crippen LogP contribution in [0.3, 0.4) is 0 Å². The van der Waals surface area contributed by atoms with E-state index in [1.807, 2.05) is 25.9 Å². The molecular weight excluding hydrogens is 352 g/mol. The number of carbonyl (C=O) groups excluding carboxylic acids is 1. The van der Waals surface area contributed by atoms with Gasteiger partial charge in [0.25, 0.3) is 5.22 Å². The van der Waals surface area contributed by atoms with Gasteiger partial charge in [0.1, 0.15) is 0 Å². The molecule has 0 aromatic carbocycles. The molecular formula is C14H24N4O4S2. The Hall–Kier alpha value is -1.13. The first-order valence-electron chi connectivity index (χ1n) is 7.82. The van der Waals surface area contributed by atoms with Gasteiger partial charge in [0.05, 0.1) is 23.3 Å². The van der Waals surface area contributed by atoms with Crippen molar-refractivity contribution in [1.82, 2.24) is 20.0 Å². The third-order valence-electron chi connectivity index (χ3n) is 4.19. The van der Waals surface area contributed by atoms with Crippen LogP contribution >= 0.6 is 11.8 Å². The highest BCUT2D eigenvalue weighted by molar-refractivity contribution is 7.99. The summed E-state index contributed by atoms with van der Waals surface area (Å²) in [5.41, 5.74) is 0. The van der Waals surface area contributed by atoms with Crippen molar-refractivity contribution >= 4 is 27.5 Å². The number of amides is 1. The quantitative estimate of drug-likeness (QED) is 0.645. The number of carbonyl (C=O) groups is 1. The molecule has 8 nitrogen and oxygen atoms in total. The van der Waals surface area contributed by atoms with Gasteiger partial charge in [-0.1, -0.05) is 18.7 Å². The number of hydrogen-bond donors (Lipinski definition) is 0. The molecule has 1 fully saturated rings. The van der Waals surface area contributed by atoms with Gasteiger partial charge in [0.2, 0.25) is 11.8 Å². The third kappa shape index (κ3) is 4.70. The fourth-order valence-electron chi connectivity index (χ4n) is 2.68. The minimum Gasteiger partial charge on any atom is -0.414 e. The van der Waals surface area contributed by atoms with Crippen LogP contribution in [0.5, 0.6) is 0 Å². The standard InChI is InChI=1S/C14H24N4O4S2/c1-5-11(17(2)3)13-15-16-14(22-13)23-8-12(19)18(4)10-6-7-24(20,21)9-10/h10-11H,5-9H2,1-4H3. The molecule has 0 radical (unpaired) electrons. The molecule has 136 valence electrons. The van der Waals surface area contributed by atoms with Crippen molar-refractivity contribution in [2.24, 2.45) is 0 Å². The number of aromatic nitrogens is 2. The first-order chi connectivity index (χ1) is 11.2. The van der Waals surface area contributed by atoms with Crippen molar-refractivity contribution in [3.8, 4) is 0 Å². The molecule has 1 aromatic rings. The molecule has 10 heteroatoms. The van der Waals surface area contributed by atoms with Gasteiger partial charge in [0, 0.05) is 13.1 Å². The zero-order valence-electron chi connectivity index (χ0n) is 14.4. The van der Waals surface area contributed by atoms with E-state index in [0.29, 0.717) is 17.5 Å². The predicted molar refractivity (Wildman–Crippen MR) is 91.6 cm³/mol. The maximum atomic E-state index is 12.2. The summed E-state index contributed by atoms with van der Waals surface area (Å²) in [6, 6.07) is -0.187. The lowest BCUT2D eigenvalue weighted by molar-refractivity contribution is -0.128. The molecule has 1 amide bonds. The summed E-state index contributed by atoms with van der Waals surface area (Å²) in [4.78, 5) is 15.8. The molecule has 2 heterocycles. The Balaban J connectivity index is 1.89. The number of rotatable bonds is 7. The lowest BCUT2D eigenvalue weighted by Gasteiger charge is -2.22. The largest absolute Gasteiger partial charge is 0.414 e. The van der Waals surface area contributed by atoms with Crippen LogP contribution in [0.4, 0.5) is 0 Å². The van der Waals surface area contributed by atoms with Crippen LogP contribution in [-0.2, 0) is 14.6 Å². The van der Waals surface area contributed by atoms with Crippen LogP contribution in [0, 0.1) is 0 Å². The van der Waals surface area contributed by atoms with Crippen molar-refractivity contribution in [1.29, 1.82) is 0 Å². The summed E-state index contributed by atoms with van der Waals surface area (Å²) >= 11 is 1.18. The number of hydrogen-bond acceptors (Lipinski definition) is 8. The zero-order chi connectivity index (χ0) is 17.9. The molecule has 1 saturated heterocycles. The van der Waals surface area contributed by atoms with Crippen LogP contribution in [0.2, 0.25) is 0 Å². The highest BCUT2D eigenvalue weighted by Crippen LogP contribution is 2.25. The van der Waals surface area contributed by atoms with Gasteiger partial charge in [-0.3, -0.25) is 9.69 Å². The van der Waals surface area contributed by atoms with E-state index in [2.05, 4.69) is 10.2 Å². The van der Waals surface area contributed by atoms with Crippen molar-refractivity contribution in [2.75, 3.05) is 38.4 Å². The number of sulfone groups is 1. The number of nitrogens with zero attached hydrogens (tertiary/aromatic N) is 4. The average Bonchev–Trinajstić information content (AvgIpc) is 3.11. The van der Waals surface area contributed by atoms with Crippen LogP contribution in [0.15, 0.2) is 9.64 Å². The molecule has 0 N–H and O–H groups in total. The molecule has 1 aliphatic heterocycles. The van der Waals surface area contributed by atoms with E-state index in [-0.39, 0.29) is 35.2 Å². The first-order valence-corrected chi connectivity index (χ1v) is 10.6. The van der Waals surface area contributed by atoms with Crippen LogP contribution in [0.1, 0.15) is 31.7 Å². The van der Waals surface area contributed by atoms with Gasteiger partial charge in [-0.25, -0.2) is 8.42 Å². The van der Waals surface area contributed by atoms with E-state index in [1.54, 1.807) is 7.05 Å². The normalized spacial score (nSPS) is 21.1. The van der Waals surface area contributed by atoms with E-state index < -0.39 is 9.84 Å². The van der Waals surface area contributed by atoms with Gasteiger partial charge in [-0.2, -0.15) is 0 Å². The average molecular weight is 377 g/mol. The van der Waals surface area contributed by atoms with Crippen molar-refractivity contribution in [3.63, 3.8) is 0 Å². The molecule has 2 rings (SSSR count). The number of thioether (sulfide) groups is 1. The minimum atomic E-state index is -3.00. The van der Waals surface area contributed by atoms with Crippen molar-refractivity contribution in [2.45, 2.75) is 37.1 Å². The SMILES string of the molecule is CCC(c1nnc(SCC(=O)N(C)C2CCS(=O)(=O)C2)o1)N(C)C. The predicted octanol–water partition coefficient (Wildman–Crippen LogP) is 0.820. The Morgan fingerprint density at radius 2 is 2.08 bits per heavy atom. The monoisotopic (exact) mass is 376 g/mol. The van der Waals surface area contributed by atoms with Gasteiger partial charge in [-0.15, -0.1) is 10.2 Å². The second-order valence-electron chi connectivity index (χ2n) is 6.14. The fourth-order valence-corrected chi connectivity index (χ4v) is 5.15. The molecule has 0 bridgehead atoms. The Kier molecular flexibility index (Phi) is 6.27. The Morgan fingerprint density at radius 1 is 1.38 bits per heavy atom. The molecule has 2 unspecified atom stereocenters. The van der Waals surface area contributed by atoms with Crippen molar-refractivity contribution in [3.05, 3.63) is 5.89 Å².